The maximum absolute atomic E-state index is 11.8. The van der Waals surface area contributed by atoms with Crippen LogP contribution < -0.4 is 10.6 Å². The molecule has 0 radical (unpaired) electrons. The molecule has 0 heterocycles. The summed E-state index contributed by atoms with van der Waals surface area (Å²) in [6.45, 7) is 6.57. The molecular weight excluding hydrogens is 244 g/mol. The lowest BCUT2D eigenvalue weighted by atomic mass is 10.1. The summed E-state index contributed by atoms with van der Waals surface area (Å²) >= 11 is 0. The number of aliphatic hydroxyl groups excluding tert-OH is 1. The molecule has 0 aliphatic carbocycles. The number of carbonyl (C=O) groups excluding carboxylic acids is 1. The van der Waals surface area contributed by atoms with Gasteiger partial charge in [0.15, 0.2) is 0 Å². The van der Waals surface area contributed by atoms with Crippen molar-refractivity contribution in [2.24, 2.45) is 0 Å². The zero-order valence-corrected chi connectivity index (χ0v) is 11.7. The van der Waals surface area contributed by atoms with E-state index in [9.17, 15) is 4.79 Å². The number of nitrogen functional groups attached to an aromatic ring is 1. The summed E-state index contributed by atoms with van der Waals surface area (Å²) < 4.78 is 4.98. The van der Waals surface area contributed by atoms with E-state index in [0.717, 1.165) is 5.69 Å². The molecule has 0 aliphatic rings. The summed E-state index contributed by atoms with van der Waals surface area (Å²) in [6, 6.07) is 5.43. The number of benzene rings is 1. The Morgan fingerprint density at radius 1 is 1.47 bits per heavy atom. The molecule has 0 aromatic heterocycles. The van der Waals surface area contributed by atoms with E-state index in [1.807, 2.05) is 24.8 Å². The minimum atomic E-state index is -0.422. The molecule has 106 valence electrons. The first kappa shape index (κ1) is 15.3. The number of esters is 1. The van der Waals surface area contributed by atoms with E-state index < -0.39 is 5.97 Å². The fourth-order valence-corrected chi connectivity index (χ4v) is 1.95. The summed E-state index contributed by atoms with van der Waals surface area (Å²) in [5, 5.41) is 9.13. The van der Waals surface area contributed by atoms with Crippen molar-refractivity contribution in [1.82, 2.24) is 0 Å². The minimum Gasteiger partial charge on any atom is -0.462 e. The van der Waals surface area contributed by atoms with Crippen molar-refractivity contribution in [3.63, 3.8) is 0 Å². The highest BCUT2D eigenvalue weighted by Crippen LogP contribution is 2.28. The number of anilines is 2. The van der Waals surface area contributed by atoms with E-state index in [4.69, 9.17) is 15.6 Å². The zero-order valence-electron chi connectivity index (χ0n) is 11.7. The van der Waals surface area contributed by atoms with Gasteiger partial charge in [-0.1, -0.05) is 6.07 Å². The Morgan fingerprint density at radius 2 is 2.16 bits per heavy atom. The number of nitrogens with zero attached hydrogens (tertiary/aromatic N) is 1. The molecule has 0 saturated heterocycles. The Bertz CT molecular complexity index is 433. The van der Waals surface area contributed by atoms with Crippen molar-refractivity contribution >= 4 is 17.3 Å². The molecule has 0 saturated carbocycles. The maximum atomic E-state index is 11.8. The van der Waals surface area contributed by atoms with Gasteiger partial charge in [0, 0.05) is 12.6 Å². The molecule has 5 nitrogen and oxygen atoms in total. The molecule has 1 rings (SSSR count). The predicted molar refractivity (Wildman–Crippen MR) is 76.4 cm³/mol. The zero-order chi connectivity index (χ0) is 14.4. The largest absolute Gasteiger partial charge is 0.462 e. The Hall–Kier alpha value is -1.75. The molecular formula is C14H22N2O3. The summed E-state index contributed by atoms with van der Waals surface area (Å²) in [7, 11) is 0. The quantitative estimate of drug-likeness (QED) is 0.605. The first-order chi connectivity index (χ1) is 9.02. The monoisotopic (exact) mass is 266 g/mol. The lowest BCUT2D eigenvalue weighted by Crippen LogP contribution is -2.34. The second-order valence-electron chi connectivity index (χ2n) is 4.47. The van der Waals surface area contributed by atoms with Crippen molar-refractivity contribution in [3.05, 3.63) is 23.8 Å². The van der Waals surface area contributed by atoms with E-state index in [1.165, 1.54) is 0 Å². The van der Waals surface area contributed by atoms with E-state index >= 15 is 0 Å². The maximum Gasteiger partial charge on any atom is 0.340 e. The van der Waals surface area contributed by atoms with Crippen LogP contribution in [0.25, 0.3) is 0 Å². The third kappa shape index (κ3) is 3.61. The summed E-state index contributed by atoms with van der Waals surface area (Å²) in [5.41, 5.74) is 7.56. The van der Waals surface area contributed by atoms with Crippen LogP contribution in [0.3, 0.4) is 0 Å². The highest BCUT2D eigenvalue weighted by molar-refractivity contribution is 5.98. The van der Waals surface area contributed by atoms with E-state index in [2.05, 4.69) is 0 Å². The van der Waals surface area contributed by atoms with Gasteiger partial charge in [0.25, 0.3) is 0 Å². The molecule has 0 unspecified atom stereocenters. The van der Waals surface area contributed by atoms with Crippen LogP contribution in [0.2, 0.25) is 0 Å². The lowest BCUT2D eigenvalue weighted by Gasteiger charge is -2.29. The Balaban J connectivity index is 3.14. The molecule has 1 aromatic rings. The number of rotatable bonds is 6. The van der Waals surface area contributed by atoms with E-state index in [1.54, 1.807) is 19.1 Å². The fraction of sp³-hybridized carbons (Fsp3) is 0.500. The van der Waals surface area contributed by atoms with Gasteiger partial charge in [0.05, 0.1) is 30.2 Å². The number of nitrogens with two attached hydrogens (primary N) is 1. The highest BCUT2D eigenvalue weighted by Gasteiger charge is 2.18. The summed E-state index contributed by atoms with van der Waals surface area (Å²) in [4.78, 5) is 13.8. The minimum absolute atomic E-state index is 0.0290. The molecule has 0 amide bonds. The van der Waals surface area contributed by atoms with Gasteiger partial charge >= 0.3 is 5.97 Å². The van der Waals surface area contributed by atoms with Crippen LogP contribution in [0.5, 0.6) is 0 Å². The second-order valence-corrected chi connectivity index (χ2v) is 4.47. The second kappa shape index (κ2) is 6.99. The van der Waals surface area contributed by atoms with Crippen LogP contribution in [0.15, 0.2) is 18.2 Å². The first-order valence-electron chi connectivity index (χ1n) is 6.46. The fourth-order valence-electron chi connectivity index (χ4n) is 1.95. The van der Waals surface area contributed by atoms with Crippen molar-refractivity contribution < 1.29 is 14.6 Å². The summed E-state index contributed by atoms with van der Waals surface area (Å²) in [6.07, 6.45) is 0. The Labute approximate surface area is 114 Å². The van der Waals surface area contributed by atoms with Crippen LogP contribution >= 0.6 is 0 Å². The first-order valence-corrected chi connectivity index (χ1v) is 6.46. The third-order valence-corrected chi connectivity index (χ3v) is 2.85. The van der Waals surface area contributed by atoms with Gasteiger partial charge < -0.3 is 20.5 Å². The smallest absolute Gasteiger partial charge is 0.340 e. The Kier molecular flexibility index (Phi) is 5.63. The predicted octanol–water partition coefficient (Wildman–Crippen LogP) is 1.65. The molecule has 19 heavy (non-hydrogen) atoms. The van der Waals surface area contributed by atoms with Crippen molar-refractivity contribution in [2.75, 3.05) is 30.4 Å². The normalized spacial score (nSPS) is 10.6. The molecule has 0 bridgehead atoms. The van der Waals surface area contributed by atoms with Crippen LogP contribution in [-0.4, -0.2) is 36.9 Å². The van der Waals surface area contributed by atoms with E-state index in [-0.39, 0.29) is 12.6 Å². The number of hydrogen-bond acceptors (Lipinski definition) is 5. The summed E-state index contributed by atoms with van der Waals surface area (Å²) in [5.74, 6) is -0.422. The van der Waals surface area contributed by atoms with Crippen LogP contribution in [0, 0.1) is 0 Å². The number of aliphatic hydroxyl groups is 1. The highest BCUT2D eigenvalue weighted by atomic mass is 16.5. The Morgan fingerprint density at radius 3 is 2.68 bits per heavy atom. The van der Waals surface area contributed by atoms with Gasteiger partial charge in [0.2, 0.25) is 0 Å². The molecule has 0 aliphatic heterocycles. The van der Waals surface area contributed by atoms with Gasteiger partial charge in [-0.05, 0) is 32.9 Å². The van der Waals surface area contributed by atoms with Gasteiger partial charge in [-0.3, -0.25) is 0 Å². The molecule has 0 spiro atoms. The van der Waals surface area contributed by atoms with Crippen molar-refractivity contribution in [1.29, 1.82) is 0 Å². The number of carbonyl (C=O) groups is 1. The molecule has 5 heteroatoms. The average Bonchev–Trinajstić information content (AvgIpc) is 2.36. The topological polar surface area (TPSA) is 75.8 Å². The van der Waals surface area contributed by atoms with Crippen molar-refractivity contribution in [3.8, 4) is 0 Å². The molecule has 0 fully saturated rings. The van der Waals surface area contributed by atoms with Crippen LogP contribution in [-0.2, 0) is 4.74 Å². The number of ether oxygens (including phenoxy) is 1. The lowest BCUT2D eigenvalue weighted by molar-refractivity contribution is 0.0527. The SMILES string of the molecule is CCOC(=O)c1cccc(N(CCO)C(C)C)c1N. The van der Waals surface area contributed by atoms with Gasteiger partial charge in [0.1, 0.15) is 0 Å². The van der Waals surface area contributed by atoms with Crippen LogP contribution in [0.4, 0.5) is 11.4 Å². The van der Waals surface area contributed by atoms with E-state index in [0.29, 0.717) is 24.4 Å². The molecule has 0 atom stereocenters. The molecule has 3 N–H and O–H groups in total. The van der Waals surface area contributed by atoms with Gasteiger partial charge in [-0.15, -0.1) is 0 Å². The van der Waals surface area contributed by atoms with Crippen molar-refractivity contribution in [2.45, 2.75) is 26.8 Å². The van der Waals surface area contributed by atoms with Crippen LogP contribution in [0.1, 0.15) is 31.1 Å². The number of para-hydroxylation sites is 1. The number of hydrogen-bond donors (Lipinski definition) is 2. The average molecular weight is 266 g/mol. The van der Waals surface area contributed by atoms with Gasteiger partial charge in [-0.25, -0.2) is 4.79 Å². The standard InChI is InChI=1S/C14H22N2O3/c1-4-19-14(18)11-6-5-7-12(13(11)15)16(8-9-17)10(2)3/h5-7,10,17H,4,8-9,15H2,1-3H3. The van der Waals surface area contributed by atoms with Gasteiger partial charge in [-0.2, -0.15) is 0 Å². The third-order valence-electron chi connectivity index (χ3n) is 2.85. The molecule has 1 aromatic carbocycles.